The Hall–Kier alpha value is -0.700. The van der Waals surface area contributed by atoms with Crippen LogP contribution in [0.2, 0.25) is 0 Å². The van der Waals surface area contributed by atoms with Crippen LogP contribution in [0.1, 0.15) is 26.7 Å². The van der Waals surface area contributed by atoms with E-state index in [1.807, 2.05) is 13.8 Å². The lowest BCUT2D eigenvalue weighted by atomic mass is 10.0. The van der Waals surface area contributed by atoms with Crippen LogP contribution in [0.3, 0.4) is 0 Å². The molecule has 0 saturated carbocycles. The molecule has 0 unspecified atom stereocenters. The molecule has 0 aromatic rings. The average Bonchev–Trinajstić information content (AvgIpc) is 2.47. The summed E-state index contributed by atoms with van der Waals surface area (Å²) in [6.45, 7) is 6.54. The van der Waals surface area contributed by atoms with Gasteiger partial charge in [0.2, 0.25) is 5.91 Å². The fraction of sp³-hybridized carbons (Fsp3) is 0.923. The molecule has 2 aliphatic heterocycles. The molecule has 1 amide bonds. The maximum atomic E-state index is 12.3. The van der Waals surface area contributed by atoms with Crippen molar-refractivity contribution >= 4 is 16.1 Å². The Morgan fingerprint density at radius 2 is 1.90 bits per heavy atom. The average molecular weight is 319 g/mol. The Balaban J connectivity index is 1.94. The van der Waals surface area contributed by atoms with Crippen molar-refractivity contribution in [1.82, 2.24) is 13.9 Å². The van der Waals surface area contributed by atoms with E-state index in [4.69, 9.17) is 4.74 Å². The number of carbonyl (C=O) groups is 1. The van der Waals surface area contributed by atoms with E-state index in [2.05, 4.69) is 4.72 Å². The molecule has 0 radical (unpaired) electrons. The topological polar surface area (TPSA) is 79.0 Å². The van der Waals surface area contributed by atoms with E-state index >= 15 is 0 Å². The number of rotatable bonds is 4. The van der Waals surface area contributed by atoms with Gasteiger partial charge in [0.15, 0.2) is 0 Å². The summed E-state index contributed by atoms with van der Waals surface area (Å²) in [5.41, 5.74) is 0. The second kappa shape index (κ2) is 7.04. The lowest BCUT2D eigenvalue weighted by Gasteiger charge is -2.35. The fourth-order valence-corrected chi connectivity index (χ4v) is 4.10. The number of amides is 1. The van der Waals surface area contributed by atoms with E-state index in [-0.39, 0.29) is 17.9 Å². The molecule has 0 spiro atoms. The van der Waals surface area contributed by atoms with Crippen LogP contribution in [-0.4, -0.2) is 69.0 Å². The predicted octanol–water partition coefficient (Wildman–Crippen LogP) is -0.200. The van der Waals surface area contributed by atoms with E-state index in [1.54, 1.807) is 4.90 Å². The van der Waals surface area contributed by atoms with E-state index in [0.29, 0.717) is 39.4 Å². The van der Waals surface area contributed by atoms with Gasteiger partial charge in [-0.25, -0.2) is 0 Å². The third kappa shape index (κ3) is 4.38. The van der Waals surface area contributed by atoms with E-state index in [0.717, 1.165) is 12.8 Å². The second-order valence-electron chi connectivity index (χ2n) is 5.91. The van der Waals surface area contributed by atoms with Gasteiger partial charge in [-0.1, -0.05) is 13.8 Å². The second-order valence-corrected chi connectivity index (χ2v) is 7.61. The number of hydrogen-bond acceptors (Lipinski definition) is 4. The highest BCUT2D eigenvalue weighted by atomic mass is 32.2. The third-order valence-corrected chi connectivity index (χ3v) is 5.53. The van der Waals surface area contributed by atoms with Crippen LogP contribution in [0.5, 0.6) is 0 Å². The van der Waals surface area contributed by atoms with Crippen molar-refractivity contribution in [3.63, 3.8) is 0 Å². The Morgan fingerprint density at radius 3 is 2.52 bits per heavy atom. The van der Waals surface area contributed by atoms with E-state index in [9.17, 15) is 13.2 Å². The van der Waals surface area contributed by atoms with Crippen molar-refractivity contribution in [3.05, 3.63) is 0 Å². The molecule has 0 aromatic heterocycles. The SMILES string of the molecule is CC(C)C(=O)N1CCC[C@@H](NS(=O)(=O)N2CCOCC2)C1. The molecule has 7 nitrogen and oxygen atoms in total. The number of likely N-dealkylation sites (tertiary alicyclic amines) is 1. The predicted molar refractivity (Wildman–Crippen MR) is 78.9 cm³/mol. The summed E-state index contributed by atoms with van der Waals surface area (Å²) in [5, 5.41) is 0. The first-order valence-electron chi connectivity index (χ1n) is 7.54. The van der Waals surface area contributed by atoms with Crippen molar-refractivity contribution in [3.8, 4) is 0 Å². The number of carbonyl (C=O) groups excluding carboxylic acids is 1. The molecule has 2 rings (SSSR count). The zero-order valence-corrected chi connectivity index (χ0v) is 13.6. The van der Waals surface area contributed by atoms with Gasteiger partial charge in [-0.05, 0) is 12.8 Å². The number of nitrogens with one attached hydrogen (secondary N) is 1. The quantitative estimate of drug-likeness (QED) is 0.778. The molecule has 8 heteroatoms. The highest BCUT2D eigenvalue weighted by Gasteiger charge is 2.31. The summed E-state index contributed by atoms with van der Waals surface area (Å²) in [6.07, 6.45) is 1.60. The number of ether oxygens (including phenoxy) is 1. The molecular weight excluding hydrogens is 294 g/mol. The maximum absolute atomic E-state index is 12.3. The smallest absolute Gasteiger partial charge is 0.279 e. The zero-order chi connectivity index (χ0) is 15.5. The summed E-state index contributed by atoms with van der Waals surface area (Å²) in [5.74, 6) is 0.0323. The van der Waals surface area contributed by atoms with Crippen molar-refractivity contribution in [2.45, 2.75) is 32.7 Å². The normalized spacial score (nSPS) is 25.3. The number of hydrogen-bond donors (Lipinski definition) is 1. The molecule has 2 aliphatic rings. The molecule has 2 heterocycles. The largest absolute Gasteiger partial charge is 0.379 e. The van der Waals surface area contributed by atoms with Gasteiger partial charge in [-0.3, -0.25) is 4.79 Å². The van der Waals surface area contributed by atoms with Gasteiger partial charge in [0, 0.05) is 38.1 Å². The zero-order valence-electron chi connectivity index (χ0n) is 12.7. The summed E-state index contributed by atoms with van der Waals surface area (Å²) in [4.78, 5) is 13.8. The Morgan fingerprint density at radius 1 is 1.24 bits per heavy atom. The van der Waals surface area contributed by atoms with Crippen LogP contribution >= 0.6 is 0 Å². The van der Waals surface area contributed by atoms with Crippen LogP contribution in [0.15, 0.2) is 0 Å². The first kappa shape index (κ1) is 16.7. The first-order chi connectivity index (χ1) is 9.90. The molecule has 1 atom stereocenters. The van der Waals surface area contributed by atoms with Gasteiger partial charge >= 0.3 is 0 Å². The number of nitrogens with zero attached hydrogens (tertiary/aromatic N) is 2. The Kier molecular flexibility index (Phi) is 5.59. The van der Waals surface area contributed by atoms with E-state index < -0.39 is 10.2 Å². The third-order valence-electron chi connectivity index (χ3n) is 3.85. The van der Waals surface area contributed by atoms with Crippen molar-refractivity contribution in [2.24, 2.45) is 5.92 Å². The Labute approximate surface area is 126 Å². The molecule has 122 valence electrons. The molecular formula is C13H25N3O4S. The van der Waals surface area contributed by atoms with Crippen LogP contribution < -0.4 is 4.72 Å². The lowest BCUT2D eigenvalue weighted by molar-refractivity contribution is -0.135. The molecule has 21 heavy (non-hydrogen) atoms. The molecule has 0 aromatic carbocycles. The van der Waals surface area contributed by atoms with Gasteiger partial charge in [0.05, 0.1) is 13.2 Å². The summed E-state index contributed by atoms with van der Waals surface area (Å²) in [6, 6.07) is -0.200. The van der Waals surface area contributed by atoms with Crippen molar-refractivity contribution in [1.29, 1.82) is 0 Å². The maximum Gasteiger partial charge on any atom is 0.279 e. The van der Waals surface area contributed by atoms with E-state index in [1.165, 1.54) is 4.31 Å². The van der Waals surface area contributed by atoms with Crippen molar-refractivity contribution < 1.29 is 17.9 Å². The Bertz CT molecular complexity index is 460. The highest BCUT2D eigenvalue weighted by molar-refractivity contribution is 7.87. The molecule has 2 fully saturated rings. The molecule has 2 saturated heterocycles. The summed E-state index contributed by atoms with van der Waals surface area (Å²) >= 11 is 0. The van der Waals surface area contributed by atoms with Gasteiger partial charge in [-0.15, -0.1) is 0 Å². The first-order valence-corrected chi connectivity index (χ1v) is 8.98. The monoisotopic (exact) mass is 319 g/mol. The summed E-state index contributed by atoms with van der Waals surface area (Å²) < 4.78 is 34.0. The van der Waals surface area contributed by atoms with Crippen LogP contribution in [-0.2, 0) is 19.7 Å². The van der Waals surface area contributed by atoms with Crippen LogP contribution in [0.25, 0.3) is 0 Å². The lowest BCUT2D eigenvalue weighted by Crippen LogP contribution is -2.55. The standard InChI is InChI=1S/C13H25N3O4S/c1-11(2)13(17)15-5-3-4-12(10-15)14-21(18,19)16-6-8-20-9-7-16/h11-12,14H,3-10H2,1-2H3/t12-/m1/s1. The van der Waals surface area contributed by atoms with Gasteiger partial charge in [-0.2, -0.15) is 17.4 Å². The molecule has 0 bridgehead atoms. The van der Waals surface area contributed by atoms with Gasteiger partial charge in [0.25, 0.3) is 10.2 Å². The van der Waals surface area contributed by atoms with Crippen LogP contribution in [0, 0.1) is 5.92 Å². The van der Waals surface area contributed by atoms with Gasteiger partial charge in [0.1, 0.15) is 0 Å². The molecule has 0 aliphatic carbocycles. The van der Waals surface area contributed by atoms with Crippen LogP contribution in [0.4, 0.5) is 0 Å². The summed E-state index contributed by atoms with van der Waals surface area (Å²) in [7, 11) is -3.49. The fourth-order valence-electron chi connectivity index (χ4n) is 2.71. The highest BCUT2D eigenvalue weighted by Crippen LogP contribution is 2.15. The minimum atomic E-state index is -3.49. The number of morpholine rings is 1. The molecule has 1 N–H and O–H groups in total. The number of piperidine rings is 1. The van der Waals surface area contributed by atoms with Gasteiger partial charge < -0.3 is 9.64 Å². The van der Waals surface area contributed by atoms with Crippen molar-refractivity contribution in [2.75, 3.05) is 39.4 Å². The minimum Gasteiger partial charge on any atom is -0.379 e. The minimum absolute atomic E-state index is 0.0559.